The van der Waals surface area contributed by atoms with Crippen LogP contribution in [0.5, 0.6) is 11.5 Å². The number of hydrogen-bond acceptors (Lipinski definition) is 6. The van der Waals surface area contributed by atoms with Crippen LogP contribution in [-0.4, -0.2) is 44.8 Å². The third-order valence-electron chi connectivity index (χ3n) is 5.00. The van der Waals surface area contributed by atoms with E-state index < -0.39 is 5.41 Å². The van der Waals surface area contributed by atoms with E-state index in [1.807, 2.05) is 18.2 Å². The van der Waals surface area contributed by atoms with E-state index in [4.69, 9.17) is 14.2 Å². The Morgan fingerprint density at radius 3 is 2.57 bits per heavy atom. The highest BCUT2D eigenvalue weighted by Gasteiger charge is 2.39. The Balaban J connectivity index is 0.00000225. The Morgan fingerprint density at radius 1 is 1.17 bits per heavy atom. The number of rotatable bonds is 8. The maximum atomic E-state index is 13.0. The molecule has 1 saturated heterocycles. The van der Waals surface area contributed by atoms with Gasteiger partial charge in [0, 0.05) is 36.8 Å². The van der Waals surface area contributed by atoms with Gasteiger partial charge < -0.3 is 24.8 Å². The topological polar surface area (TPSA) is 81.7 Å². The first-order valence-corrected chi connectivity index (χ1v) is 9.38. The minimum Gasteiger partial charge on any atom is -0.493 e. The maximum absolute atomic E-state index is 13.0. The van der Waals surface area contributed by atoms with Crippen molar-refractivity contribution in [2.75, 3.05) is 39.2 Å². The Hall–Kier alpha value is -2.06. The molecule has 1 aliphatic rings. The Kier molecular flexibility index (Phi) is 10.9. The first-order chi connectivity index (χ1) is 13.7. The second-order valence-electron chi connectivity index (χ2n) is 6.93. The SMILES string of the molecule is COCC1(C(=O)Nc2ccc(OC)c(OCc3cccnc3)c2)CCNCC1.Cl.Cl. The number of benzene rings is 1. The summed E-state index contributed by atoms with van der Waals surface area (Å²) in [4.78, 5) is 17.1. The fraction of sp³-hybridized carbons (Fsp3) is 0.429. The number of nitrogens with one attached hydrogen (secondary N) is 2. The number of piperidine rings is 1. The summed E-state index contributed by atoms with van der Waals surface area (Å²) in [7, 11) is 3.22. The van der Waals surface area contributed by atoms with Gasteiger partial charge in [-0.25, -0.2) is 0 Å². The monoisotopic (exact) mass is 457 g/mol. The lowest BCUT2D eigenvalue weighted by molar-refractivity contribution is -0.130. The van der Waals surface area contributed by atoms with Crippen molar-refractivity contribution in [2.45, 2.75) is 19.4 Å². The van der Waals surface area contributed by atoms with Crippen LogP contribution in [0.3, 0.4) is 0 Å². The highest BCUT2D eigenvalue weighted by atomic mass is 35.5. The van der Waals surface area contributed by atoms with Gasteiger partial charge in [0.1, 0.15) is 6.61 Å². The van der Waals surface area contributed by atoms with E-state index in [0.717, 1.165) is 31.5 Å². The number of anilines is 1. The van der Waals surface area contributed by atoms with E-state index in [1.165, 1.54) is 0 Å². The van der Waals surface area contributed by atoms with Gasteiger partial charge in [0.2, 0.25) is 5.91 Å². The molecule has 0 atom stereocenters. The number of hydrogen-bond donors (Lipinski definition) is 2. The Labute approximate surface area is 189 Å². The molecule has 0 radical (unpaired) electrons. The number of aromatic nitrogens is 1. The van der Waals surface area contributed by atoms with E-state index in [-0.39, 0.29) is 30.7 Å². The Morgan fingerprint density at radius 2 is 1.93 bits per heavy atom. The molecular weight excluding hydrogens is 429 g/mol. The van der Waals surface area contributed by atoms with Crippen LogP contribution in [0.1, 0.15) is 18.4 Å². The standard InChI is InChI=1S/C21H27N3O4.2ClH/c1-26-15-21(7-10-22-11-8-21)20(25)24-17-5-6-18(27-2)19(12-17)28-14-16-4-3-9-23-13-16;;/h3-6,9,12-13,22H,7-8,10-11,14-15H2,1-2H3,(H,24,25);2*1H. The average molecular weight is 458 g/mol. The van der Waals surface area contributed by atoms with E-state index >= 15 is 0 Å². The van der Waals surface area contributed by atoms with Crippen LogP contribution in [0.2, 0.25) is 0 Å². The molecule has 2 N–H and O–H groups in total. The van der Waals surface area contributed by atoms with Crippen LogP contribution in [0.15, 0.2) is 42.7 Å². The molecule has 0 spiro atoms. The van der Waals surface area contributed by atoms with E-state index in [2.05, 4.69) is 15.6 Å². The third-order valence-corrected chi connectivity index (χ3v) is 5.00. The highest BCUT2D eigenvalue weighted by molar-refractivity contribution is 5.95. The molecule has 0 bridgehead atoms. The molecule has 1 aromatic heterocycles. The summed E-state index contributed by atoms with van der Waals surface area (Å²) in [5.41, 5.74) is 1.10. The summed E-state index contributed by atoms with van der Waals surface area (Å²) < 4.78 is 16.6. The first-order valence-electron chi connectivity index (χ1n) is 9.38. The maximum Gasteiger partial charge on any atom is 0.233 e. The normalized spacial score (nSPS) is 14.6. The number of carbonyl (C=O) groups is 1. The van der Waals surface area contributed by atoms with Crippen LogP contribution < -0.4 is 20.1 Å². The summed E-state index contributed by atoms with van der Waals surface area (Å²) in [5, 5.41) is 6.33. The molecule has 1 fully saturated rings. The van der Waals surface area contributed by atoms with Gasteiger partial charge in [-0.3, -0.25) is 9.78 Å². The lowest BCUT2D eigenvalue weighted by Gasteiger charge is -2.35. The molecular formula is C21H29Cl2N3O4. The molecule has 1 amide bonds. The van der Waals surface area contributed by atoms with Gasteiger partial charge >= 0.3 is 0 Å². The van der Waals surface area contributed by atoms with E-state index in [9.17, 15) is 4.79 Å². The van der Waals surface area contributed by atoms with Gasteiger partial charge in [0.05, 0.1) is 19.1 Å². The summed E-state index contributed by atoms with van der Waals surface area (Å²) in [6.07, 6.45) is 4.96. The molecule has 1 aliphatic heterocycles. The zero-order chi connectivity index (χ0) is 19.8. The number of nitrogens with zero attached hydrogens (tertiary/aromatic N) is 1. The van der Waals surface area contributed by atoms with Crippen molar-refractivity contribution in [3.8, 4) is 11.5 Å². The summed E-state index contributed by atoms with van der Waals surface area (Å²) in [5.74, 6) is 1.14. The number of amides is 1. The smallest absolute Gasteiger partial charge is 0.233 e. The summed E-state index contributed by atoms with van der Waals surface area (Å²) in [6, 6.07) is 9.20. The fourth-order valence-electron chi connectivity index (χ4n) is 3.39. The van der Waals surface area contributed by atoms with Gasteiger partial charge in [0.15, 0.2) is 11.5 Å². The predicted octanol–water partition coefficient (Wildman–Crippen LogP) is 3.47. The van der Waals surface area contributed by atoms with Crippen LogP contribution in [0, 0.1) is 5.41 Å². The van der Waals surface area contributed by atoms with Crippen molar-refractivity contribution in [1.82, 2.24) is 10.3 Å². The predicted molar refractivity (Wildman–Crippen MR) is 121 cm³/mol. The lowest BCUT2D eigenvalue weighted by Crippen LogP contribution is -2.47. The largest absolute Gasteiger partial charge is 0.493 e. The molecule has 30 heavy (non-hydrogen) atoms. The zero-order valence-corrected chi connectivity index (χ0v) is 18.8. The molecule has 2 heterocycles. The highest BCUT2D eigenvalue weighted by Crippen LogP contribution is 2.34. The van der Waals surface area contributed by atoms with Crippen molar-refractivity contribution >= 4 is 36.4 Å². The van der Waals surface area contributed by atoms with Crippen molar-refractivity contribution in [3.05, 3.63) is 48.3 Å². The number of halogens is 2. The number of pyridine rings is 1. The van der Waals surface area contributed by atoms with Gasteiger partial charge in [-0.15, -0.1) is 24.8 Å². The molecule has 2 aromatic rings. The minimum atomic E-state index is -0.517. The fourth-order valence-corrected chi connectivity index (χ4v) is 3.39. The van der Waals surface area contributed by atoms with Crippen LogP contribution in [0.4, 0.5) is 5.69 Å². The molecule has 0 aliphatic carbocycles. The minimum absolute atomic E-state index is 0. The van der Waals surface area contributed by atoms with Crippen molar-refractivity contribution in [3.63, 3.8) is 0 Å². The molecule has 1 aromatic carbocycles. The zero-order valence-electron chi connectivity index (χ0n) is 17.2. The molecule has 7 nitrogen and oxygen atoms in total. The Bertz CT molecular complexity index is 782. The van der Waals surface area contributed by atoms with Crippen molar-refractivity contribution in [2.24, 2.45) is 5.41 Å². The van der Waals surface area contributed by atoms with Crippen LogP contribution >= 0.6 is 24.8 Å². The number of methoxy groups -OCH3 is 2. The van der Waals surface area contributed by atoms with Crippen LogP contribution in [0.25, 0.3) is 0 Å². The molecule has 0 saturated carbocycles. The molecule has 166 valence electrons. The second-order valence-corrected chi connectivity index (χ2v) is 6.93. The van der Waals surface area contributed by atoms with Gasteiger partial charge in [-0.2, -0.15) is 0 Å². The van der Waals surface area contributed by atoms with E-state index in [1.54, 1.807) is 38.7 Å². The van der Waals surface area contributed by atoms with Gasteiger partial charge in [0.25, 0.3) is 0 Å². The molecule has 3 rings (SSSR count). The summed E-state index contributed by atoms with van der Waals surface area (Å²) in [6.45, 7) is 2.37. The second kappa shape index (κ2) is 12.6. The van der Waals surface area contributed by atoms with E-state index in [0.29, 0.717) is 30.4 Å². The third kappa shape index (κ3) is 6.47. The summed E-state index contributed by atoms with van der Waals surface area (Å²) >= 11 is 0. The first kappa shape index (κ1) is 26.0. The van der Waals surface area contributed by atoms with Crippen molar-refractivity contribution < 1.29 is 19.0 Å². The van der Waals surface area contributed by atoms with Crippen LogP contribution in [-0.2, 0) is 16.1 Å². The van der Waals surface area contributed by atoms with Crippen molar-refractivity contribution in [1.29, 1.82) is 0 Å². The number of carbonyl (C=O) groups excluding carboxylic acids is 1. The quantitative estimate of drug-likeness (QED) is 0.631. The van der Waals surface area contributed by atoms with Gasteiger partial charge in [-0.05, 0) is 44.1 Å². The average Bonchev–Trinajstić information content (AvgIpc) is 2.74. The molecule has 9 heteroatoms. The lowest BCUT2D eigenvalue weighted by atomic mass is 9.78. The number of ether oxygens (including phenoxy) is 3. The van der Waals surface area contributed by atoms with Gasteiger partial charge in [-0.1, -0.05) is 6.07 Å². The molecule has 0 unspecified atom stereocenters.